The van der Waals surface area contributed by atoms with Gasteiger partial charge in [-0.25, -0.2) is 0 Å². The van der Waals surface area contributed by atoms with Crippen LogP contribution in [0.25, 0.3) is 11.0 Å². The van der Waals surface area contributed by atoms with Gasteiger partial charge in [0.25, 0.3) is 5.91 Å². The van der Waals surface area contributed by atoms with Crippen molar-refractivity contribution in [3.63, 3.8) is 0 Å². The molecule has 1 aliphatic heterocycles. The monoisotopic (exact) mass is 349 g/mol. The number of nitrogens with zero attached hydrogens (tertiary/aromatic N) is 3. The zero-order valence-corrected chi connectivity index (χ0v) is 14.3. The van der Waals surface area contributed by atoms with Gasteiger partial charge in [0.1, 0.15) is 5.58 Å². The lowest BCUT2D eigenvalue weighted by Crippen LogP contribution is -2.48. The summed E-state index contributed by atoms with van der Waals surface area (Å²) in [4.78, 5) is 33.1. The van der Waals surface area contributed by atoms with E-state index in [9.17, 15) is 9.59 Å². The van der Waals surface area contributed by atoms with Gasteiger partial charge in [-0.3, -0.25) is 19.5 Å². The van der Waals surface area contributed by atoms with Crippen molar-refractivity contribution in [2.75, 3.05) is 26.2 Å². The zero-order chi connectivity index (χ0) is 17.9. The number of hydrogen-bond donors (Lipinski definition) is 0. The molecular formula is C20H19N3O3. The van der Waals surface area contributed by atoms with Crippen LogP contribution in [0.2, 0.25) is 0 Å². The van der Waals surface area contributed by atoms with E-state index in [2.05, 4.69) is 9.88 Å². The van der Waals surface area contributed by atoms with E-state index >= 15 is 0 Å². The van der Waals surface area contributed by atoms with Crippen LogP contribution in [0, 0.1) is 0 Å². The van der Waals surface area contributed by atoms with Gasteiger partial charge in [0.2, 0.25) is 0 Å². The fourth-order valence-electron chi connectivity index (χ4n) is 3.22. The largest absolute Gasteiger partial charge is 0.451 e. The van der Waals surface area contributed by atoms with Crippen molar-refractivity contribution in [3.8, 4) is 0 Å². The molecule has 1 aliphatic rings. The normalized spacial score (nSPS) is 15.3. The molecule has 0 saturated carbocycles. The van der Waals surface area contributed by atoms with Crippen LogP contribution in [-0.2, 0) is 6.54 Å². The number of hydrogen-bond acceptors (Lipinski definition) is 5. The Morgan fingerprint density at radius 3 is 2.65 bits per heavy atom. The molecule has 3 aromatic rings. The van der Waals surface area contributed by atoms with Gasteiger partial charge >= 0.3 is 0 Å². The topological polar surface area (TPSA) is 66.7 Å². The third-order valence-corrected chi connectivity index (χ3v) is 4.63. The minimum absolute atomic E-state index is 0.106. The molecule has 0 radical (unpaired) electrons. The van der Waals surface area contributed by atoms with Gasteiger partial charge in [-0.1, -0.05) is 18.2 Å². The maximum atomic E-state index is 12.7. The van der Waals surface area contributed by atoms with Crippen molar-refractivity contribution >= 4 is 16.9 Å². The Bertz CT molecular complexity index is 976. The molecule has 2 aromatic heterocycles. The summed E-state index contributed by atoms with van der Waals surface area (Å²) in [6.07, 6.45) is 3.62. The Morgan fingerprint density at radius 1 is 1.08 bits per heavy atom. The zero-order valence-electron chi connectivity index (χ0n) is 14.3. The Morgan fingerprint density at radius 2 is 1.88 bits per heavy atom. The third-order valence-electron chi connectivity index (χ3n) is 4.63. The number of piperazine rings is 1. The number of carbonyl (C=O) groups is 1. The smallest absolute Gasteiger partial charge is 0.289 e. The van der Waals surface area contributed by atoms with Crippen molar-refractivity contribution in [3.05, 3.63) is 76.4 Å². The first-order chi connectivity index (χ1) is 12.7. The van der Waals surface area contributed by atoms with Crippen LogP contribution in [0.1, 0.15) is 16.1 Å². The summed E-state index contributed by atoms with van der Waals surface area (Å²) in [6.45, 7) is 3.59. The molecule has 0 N–H and O–H groups in total. The van der Waals surface area contributed by atoms with Crippen molar-refractivity contribution in [2.45, 2.75) is 6.54 Å². The second-order valence-corrected chi connectivity index (χ2v) is 6.40. The van der Waals surface area contributed by atoms with E-state index in [4.69, 9.17) is 4.42 Å². The molecule has 1 saturated heterocycles. The predicted octanol–water partition coefficient (Wildman–Crippen LogP) is 2.15. The van der Waals surface area contributed by atoms with E-state index < -0.39 is 0 Å². The van der Waals surface area contributed by atoms with Crippen LogP contribution in [0.5, 0.6) is 0 Å². The first-order valence-electron chi connectivity index (χ1n) is 8.64. The number of carbonyl (C=O) groups excluding carboxylic acids is 1. The average Bonchev–Trinajstić information content (AvgIpc) is 2.69. The van der Waals surface area contributed by atoms with Gasteiger partial charge in [-0.05, 0) is 23.8 Å². The average molecular weight is 349 g/mol. The molecule has 26 heavy (non-hydrogen) atoms. The van der Waals surface area contributed by atoms with Crippen LogP contribution in [0.3, 0.4) is 0 Å². The molecule has 4 rings (SSSR count). The molecule has 0 spiro atoms. The highest BCUT2D eigenvalue weighted by Gasteiger charge is 2.24. The minimum atomic E-state index is -0.228. The van der Waals surface area contributed by atoms with Crippen molar-refractivity contribution < 1.29 is 9.21 Å². The molecule has 1 aromatic carbocycles. The summed E-state index contributed by atoms with van der Waals surface area (Å²) >= 11 is 0. The summed E-state index contributed by atoms with van der Waals surface area (Å²) in [5.74, 6) is -0.122. The van der Waals surface area contributed by atoms with Gasteiger partial charge in [0.15, 0.2) is 11.2 Å². The van der Waals surface area contributed by atoms with E-state index in [1.54, 1.807) is 35.4 Å². The number of fused-ring (bicyclic) bond motifs is 1. The van der Waals surface area contributed by atoms with E-state index in [1.165, 1.54) is 6.07 Å². The molecule has 6 heteroatoms. The maximum Gasteiger partial charge on any atom is 0.289 e. The van der Waals surface area contributed by atoms with Crippen LogP contribution in [0.4, 0.5) is 0 Å². The Balaban J connectivity index is 1.44. The molecule has 0 bridgehead atoms. The number of pyridine rings is 1. The van der Waals surface area contributed by atoms with Crippen molar-refractivity contribution in [2.24, 2.45) is 0 Å². The molecule has 0 unspecified atom stereocenters. The van der Waals surface area contributed by atoms with Crippen molar-refractivity contribution in [1.29, 1.82) is 0 Å². The second-order valence-electron chi connectivity index (χ2n) is 6.40. The van der Waals surface area contributed by atoms with Gasteiger partial charge in [0.05, 0.1) is 5.39 Å². The SMILES string of the molecule is O=C(c1cc(=O)c2ccccc2o1)N1CCN(Cc2cccnc2)CC1. The number of aromatic nitrogens is 1. The quantitative estimate of drug-likeness (QED) is 0.725. The van der Waals surface area contributed by atoms with Gasteiger partial charge in [-0.15, -0.1) is 0 Å². The number of para-hydroxylation sites is 1. The molecule has 0 aliphatic carbocycles. The highest BCUT2D eigenvalue weighted by Crippen LogP contribution is 2.15. The first kappa shape index (κ1) is 16.5. The van der Waals surface area contributed by atoms with Crippen LogP contribution in [-0.4, -0.2) is 46.9 Å². The Labute approximate surface area is 150 Å². The van der Waals surface area contributed by atoms with Crippen LogP contribution < -0.4 is 5.43 Å². The Hall–Kier alpha value is -2.99. The summed E-state index contributed by atoms with van der Waals surface area (Å²) in [7, 11) is 0. The lowest BCUT2D eigenvalue weighted by Gasteiger charge is -2.34. The number of rotatable bonds is 3. The van der Waals surface area contributed by atoms with E-state index in [1.807, 2.05) is 18.3 Å². The minimum Gasteiger partial charge on any atom is -0.451 e. The van der Waals surface area contributed by atoms with Gasteiger partial charge in [0, 0.05) is 51.2 Å². The molecule has 0 atom stereocenters. The maximum absolute atomic E-state index is 12.7. The van der Waals surface area contributed by atoms with Crippen LogP contribution in [0.15, 0.2) is 64.1 Å². The fourth-order valence-corrected chi connectivity index (χ4v) is 3.22. The van der Waals surface area contributed by atoms with Gasteiger partial charge in [-0.2, -0.15) is 0 Å². The number of amides is 1. The molecule has 132 valence electrons. The molecule has 6 nitrogen and oxygen atoms in total. The first-order valence-corrected chi connectivity index (χ1v) is 8.64. The highest BCUT2D eigenvalue weighted by molar-refractivity contribution is 5.93. The van der Waals surface area contributed by atoms with Crippen LogP contribution >= 0.6 is 0 Å². The van der Waals surface area contributed by atoms with Crippen molar-refractivity contribution in [1.82, 2.24) is 14.8 Å². The molecule has 3 heterocycles. The van der Waals surface area contributed by atoms with E-state index in [0.29, 0.717) is 24.1 Å². The number of benzene rings is 1. The summed E-state index contributed by atoms with van der Waals surface area (Å²) < 4.78 is 5.67. The summed E-state index contributed by atoms with van der Waals surface area (Å²) in [5, 5.41) is 0.491. The fraction of sp³-hybridized carbons (Fsp3) is 0.250. The lowest BCUT2D eigenvalue weighted by molar-refractivity contribution is 0.0598. The molecular weight excluding hydrogens is 330 g/mol. The lowest BCUT2D eigenvalue weighted by atomic mass is 10.2. The van der Waals surface area contributed by atoms with Gasteiger partial charge < -0.3 is 9.32 Å². The molecule has 1 fully saturated rings. The highest BCUT2D eigenvalue weighted by atomic mass is 16.3. The second kappa shape index (κ2) is 7.09. The third kappa shape index (κ3) is 3.36. The summed E-state index contributed by atoms with van der Waals surface area (Å²) in [5.41, 5.74) is 1.41. The summed E-state index contributed by atoms with van der Waals surface area (Å²) in [6, 6.07) is 12.3. The van der Waals surface area contributed by atoms with E-state index in [0.717, 1.165) is 25.2 Å². The Kier molecular flexibility index (Phi) is 4.50. The predicted molar refractivity (Wildman–Crippen MR) is 97.9 cm³/mol. The standard InChI is InChI=1S/C20H19N3O3/c24-17-12-19(26-18-6-2-1-5-16(17)18)20(25)23-10-8-22(9-11-23)14-15-4-3-7-21-13-15/h1-7,12-13H,8-11,14H2. The molecule has 1 amide bonds. The van der Waals surface area contributed by atoms with E-state index in [-0.39, 0.29) is 17.1 Å².